The third-order valence-electron chi connectivity index (χ3n) is 5.51. The molecule has 1 amide bonds. The fourth-order valence-electron chi connectivity index (χ4n) is 3.72. The molecule has 1 heterocycles. The maximum atomic E-state index is 12.2. The molecular formula is C20H28N2O3S. The molecule has 1 aliphatic heterocycles. The first-order valence-electron chi connectivity index (χ1n) is 9.38. The van der Waals surface area contributed by atoms with E-state index in [2.05, 4.69) is 19.2 Å². The monoisotopic (exact) mass is 376 g/mol. The van der Waals surface area contributed by atoms with Gasteiger partial charge in [0.2, 0.25) is 15.9 Å². The molecule has 0 bridgehead atoms. The molecular weight excluding hydrogens is 348 g/mol. The third-order valence-corrected chi connectivity index (χ3v) is 7.38. The van der Waals surface area contributed by atoms with Crippen molar-refractivity contribution in [3.63, 3.8) is 0 Å². The van der Waals surface area contributed by atoms with E-state index >= 15 is 0 Å². The lowest BCUT2D eigenvalue weighted by Crippen LogP contribution is -2.47. The zero-order chi connectivity index (χ0) is 18.8. The minimum atomic E-state index is -3.15. The first-order valence-corrected chi connectivity index (χ1v) is 11.0. The predicted octanol–water partition coefficient (Wildman–Crippen LogP) is 3.32. The number of nitrogens with one attached hydrogen (secondary N) is 1. The molecule has 2 aliphatic rings. The van der Waals surface area contributed by atoms with Crippen molar-refractivity contribution in [1.82, 2.24) is 5.32 Å². The Bertz CT molecular complexity index is 776. The Morgan fingerprint density at radius 3 is 2.46 bits per heavy atom. The number of benzene rings is 1. The fourth-order valence-corrected chi connectivity index (χ4v) is 5.28. The highest BCUT2D eigenvalue weighted by Crippen LogP contribution is 2.31. The zero-order valence-corrected chi connectivity index (χ0v) is 16.4. The van der Waals surface area contributed by atoms with Crippen molar-refractivity contribution >= 4 is 27.7 Å². The molecule has 6 heteroatoms. The van der Waals surface area contributed by atoms with Gasteiger partial charge >= 0.3 is 0 Å². The lowest BCUT2D eigenvalue weighted by atomic mass is 9.78. The lowest BCUT2D eigenvalue weighted by Gasteiger charge is -2.36. The van der Waals surface area contributed by atoms with Crippen LogP contribution in [0.25, 0.3) is 6.08 Å². The molecule has 1 saturated carbocycles. The molecule has 0 unspecified atom stereocenters. The number of hydrogen-bond acceptors (Lipinski definition) is 3. The number of anilines is 1. The molecule has 1 aromatic carbocycles. The van der Waals surface area contributed by atoms with E-state index in [0.29, 0.717) is 18.7 Å². The fraction of sp³-hybridized carbons (Fsp3) is 0.550. The quantitative estimate of drug-likeness (QED) is 0.820. The van der Waals surface area contributed by atoms with Crippen LogP contribution < -0.4 is 9.62 Å². The first-order chi connectivity index (χ1) is 12.3. The zero-order valence-electron chi connectivity index (χ0n) is 15.6. The van der Waals surface area contributed by atoms with Gasteiger partial charge in [-0.25, -0.2) is 8.42 Å². The molecule has 1 aliphatic carbocycles. The molecule has 2 fully saturated rings. The highest BCUT2D eigenvalue weighted by atomic mass is 32.2. The van der Waals surface area contributed by atoms with E-state index in [4.69, 9.17) is 0 Å². The van der Waals surface area contributed by atoms with Crippen LogP contribution in [0.1, 0.15) is 51.5 Å². The van der Waals surface area contributed by atoms with Gasteiger partial charge in [-0.2, -0.15) is 0 Å². The molecule has 5 nitrogen and oxygen atoms in total. The maximum absolute atomic E-state index is 12.2. The average Bonchev–Trinajstić information content (AvgIpc) is 2.96. The Morgan fingerprint density at radius 2 is 1.88 bits per heavy atom. The van der Waals surface area contributed by atoms with Crippen LogP contribution in [0.15, 0.2) is 30.3 Å². The number of sulfonamides is 1. The van der Waals surface area contributed by atoms with Crippen LogP contribution in [0.2, 0.25) is 0 Å². The molecule has 26 heavy (non-hydrogen) atoms. The number of hydrogen-bond donors (Lipinski definition) is 1. The molecule has 3 rings (SSSR count). The van der Waals surface area contributed by atoms with Gasteiger partial charge < -0.3 is 5.32 Å². The van der Waals surface area contributed by atoms with Crippen LogP contribution in [-0.2, 0) is 14.8 Å². The van der Waals surface area contributed by atoms with Gasteiger partial charge in [0.15, 0.2) is 0 Å². The van der Waals surface area contributed by atoms with Gasteiger partial charge in [-0.05, 0) is 68.7 Å². The van der Waals surface area contributed by atoms with Crippen molar-refractivity contribution in [1.29, 1.82) is 0 Å². The number of rotatable bonds is 4. The average molecular weight is 377 g/mol. The van der Waals surface area contributed by atoms with Crippen molar-refractivity contribution in [2.24, 2.45) is 5.92 Å². The summed E-state index contributed by atoms with van der Waals surface area (Å²) in [6, 6.07) is 7.28. The number of amides is 1. The second-order valence-electron chi connectivity index (χ2n) is 7.90. The van der Waals surface area contributed by atoms with Crippen molar-refractivity contribution in [3.8, 4) is 0 Å². The van der Waals surface area contributed by atoms with Gasteiger partial charge in [-0.3, -0.25) is 9.10 Å². The van der Waals surface area contributed by atoms with Gasteiger partial charge in [0.1, 0.15) is 0 Å². The maximum Gasteiger partial charge on any atom is 0.244 e. The van der Waals surface area contributed by atoms with Crippen LogP contribution in [0.3, 0.4) is 0 Å². The van der Waals surface area contributed by atoms with Crippen LogP contribution >= 0.6 is 0 Å². The molecule has 1 N–H and O–H groups in total. The normalized spacial score (nSPS) is 28.4. The molecule has 0 aromatic heterocycles. The number of carbonyl (C=O) groups excluding carboxylic acids is 1. The highest BCUT2D eigenvalue weighted by Gasteiger charge is 2.30. The van der Waals surface area contributed by atoms with Crippen molar-refractivity contribution in [3.05, 3.63) is 35.9 Å². The first kappa shape index (κ1) is 19.0. The Kier molecular flexibility index (Phi) is 5.42. The molecule has 0 atom stereocenters. The topological polar surface area (TPSA) is 66.5 Å². The Labute approximate surface area is 156 Å². The van der Waals surface area contributed by atoms with Crippen LogP contribution in [0, 0.1) is 5.92 Å². The number of nitrogens with zero attached hydrogens (tertiary/aromatic N) is 1. The van der Waals surface area contributed by atoms with Crippen molar-refractivity contribution < 1.29 is 13.2 Å². The summed E-state index contributed by atoms with van der Waals surface area (Å²) >= 11 is 0. The van der Waals surface area contributed by atoms with Gasteiger partial charge in [0.05, 0.1) is 11.4 Å². The van der Waals surface area contributed by atoms with E-state index in [1.54, 1.807) is 24.3 Å². The second-order valence-corrected chi connectivity index (χ2v) is 9.91. The lowest BCUT2D eigenvalue weighted by molar-refractivity contribution is -0.118. The summed E-state index contributed by atoms with van der Waals surface area (Å²) in [5, 5.41) is 3.14. The molecule has 0 radical (unpaired) electrons. The summed E-state index contributed by atoms with van der Waals surface area (Å²) < 4.78 is 25.4. The SMILES string of the molecule is CC1CCC(C)(NC(=O)/C=C/c2ccc(N3CCCS3(=O)=O)cc2)CC1. The van der Waals surface area contributed by atoms with E-state index in [-0.39, 0.29) is 17.2 Å². The van der Waals surface area contributed by atoms with E-state index < -0.39 is 10.0 Å². The van der Waals surface area contributed by atoms with Crippen LogP contribution in [-0.4, -0.2) is 32.2 Å². The minimum Gasteiger partial charge on any atom is -0.347 e. The van der Waals surface area contributed by atoms with E-state index in [9.17, 15) is 13.2 Å². The summed E-state index contributed by atoms with van der Waals surface area (Å²) in [5.41, 5.74) is 1.46. The Balaban J connectivity index is 1.59. The largest absolute Gasteiger partial charge is 0.347 e. The summed E-state index contributed by atoms with van der Waals surface area (Å²) in [6.07, 6.45) is 8.35. The van der Waals surface area contributed by atoms with Crippen LogP contribution in [0.4, 0.5) is 5.69 Å². The summed E-state index contributed by atoms with van der Waals surface area (Å²) in [4.78, 5) is 12.2. The van der Waals surface area contributed by atoms with Crippen LogP contribution in [0.5, 0.6) is 0 Å². The molecule has 1 saturated heterocycles. The van der Waals surface area contributed by atoms with Gasteiger partial charge in [0.25, 0.3) is 0 Å². The van der Waals surface area contributed by atoms with Gasteiger partial charge in [0, 0.05) is 18.2 Å². The van der Waals surface area contributed by atoms with E-state index in [1.165, 1.54) is 4.31 Å². The predicted molar refractivity (Wildman–Crippen MR) is 105 cm³/mol. The molecule has 142 valence electrons. The second kappa shape index (κ2) is 7.43. The highest BCUT2D eigenvalue weighted by molar-refractivity contribution is 7.93. The summed E-state index contributed by atoms with van der Waals surface area (Å²) in [6.45, 7) is 4.92. The number of carbonyl (C=O) groups is 1. The Hall–Kier alpha value is -1.82. The molecule has 0 spiro atoms. The van der Waals surface area contributed by atoms with E-state index in [1.807, 2.05) is 12.1 Å². The smallest absolute Gasteiger partial charge is 0.244 e. The van der Waals surface area contributed by atoms with E-state index in [0.717, 1.165) is 37.2 Å². The van der Waals surface area contributed by atoms with Crippen molar-refractivity contribution in [2.75, 3.05) is 16.6 Å². The summed E-state index contributed by atoms with van der Waals surface area (Å²) in [7, 11) is -3.15. The third kappa shape index (κ3) is 4.47. The Morgan fingerprint density at radius 1 is 1.23 bits per heavy atom. The standard InChI is InChI=1S/C20H28N2O3S/c1-16-10-12-20(2,13-11-16)21-19(23)9-6-17-4-7-18(8-5-17)22-14-3-15-26(22,24)25/h4-9,16H,3,10-15H2,1-2H3,(H,21,23)/b9-6+. The minimum absolute atomic E-state index is 0.0757. The van der Waals surface area contributed by atoms with Gasteiger partial charge in [-0.15, -0.1) is 0 Å². The van der Waals surface area contributed by atoms with Gasteiger partial charge in [-0.1, -0.05) is 19.1 Å². The molecule has 1 aromatic rings. The summed E-state index contributed by atoms with van der Waals surface area (Å²) in [5.74, 6) is 0.883. The van der Waals surface area contributed by atoms with Crippen molar-refractivity contribution in [2.45, 2.75) is 51.5 Å².